The fraction of sp³-hybridized carbons (Fsp3) is 0.448. The maximum atomic E-state index is 13.6. The van der Waals surface area contributed by atoms with Crippen molar-refractivity contribution in [1.82, 2.24) is 16.0 Å². The molecular weight excluding hydrogens is 516 g/mol. The molecule has 6 N–H and O–H groups in total. The van der Waals surface area contributed by atoms with Crippen molar-refractivity contribution >= 4 is 35.5 Å². The summed E-state index contributed by atoms with van der Waals surface area (Å²) in [7, 11) is 0. The molecule has 5 atom stereocenters. The second-order valence-electron chi connectivity index (χ2n) is 9.59. The van der Waals surface area contributed by atoms with Crippen molar-refractivity contribution in [2.75, 3.05) is 12.0 Å². The second-order valence-corrected chi connectivity index (χ2v) is 10.6. The van der Waals surface area contributed by atoms with Crippen molar-refractivity contribution in [2.45, 2.75) is 63.7 Å². The largest absolute Gasteiger partial charge is 0.480 e. The van der Waals surface area contributed by atoms with Crippen LogP contribution in [0.2, 0.25) is 0 Å². The number of rotatable bonds is 16. The molecule has 3 amide bonds. The Hall–Kier alpha value is -3.37. The molecule has 0 saturated heterocycles. The number of hydrogen-bond donors (Lipinski definition) is 5. The van der Waals surface area contributed by atoms with Crippen molar-refractivity contribution in [3.63, 3.8) is 0 Å². The molecule has 39 heavy (non-hydrogen) atoms. The maximum Gasteiger partial charge on any atom is 0.326 e. The standard InChI is InChI=1S/C29H40N4O5S/c1-4-19(2)25(30)28(36)33-24(18-21-13-9-6-10-14-21)27(35)32-23(17-20-11-7-5-8-12-20)26(34)31-22(29(37)38)15-16-39-3/h5-14,19,22-25H,4,15-18,30H2,1-3H3,(H,31,34)(H,32,35)(H,33,36)(H,37,38). The number of benzene rings is 2. The Morgan fingerprint density at radius 2 is 1.23 bits per heavy atom. The van der Waals surface area contributed by atoms with E-state index in [-0.39, 0.29) is 25.2 Å². The number of nitrogens with one attached hydrogen (secondary N) is 3. The molecule has 0 spiro atoms. The van der Waals surface area contributed by atoms with Crippen LogP contribution in [0.1, 0.15) is 37.8 Å². The Kier molecular flexibility index (Phi) is 13.5. The van der Waals surface area contributed by atoms with E-state index in [2.05, 4.69) is 16.0 Å². The average Bonchev–Trinajstić information content (AvgIpc) is 2.94. The van der Waals surface area contributed by atoms with Gasteiger partial charge in [0.15, 0.2) is 0 Å². The highest BCUT2D eigenvalue weighted by molar-refractivity contribution is 7.98. The van der Waals surface area contributed by atoms with E-state index in [1.807, 2.05) is 80.8 Å². The van der Waals surface area contributed by atoms with Gasteiger partial charge in [0, 0.05) is 12.8 Å². The summed E-state index contributed by atoms with van der Waals surface area (Å²) in [6.07, 6.45) is 3.13. The number of hydrogen-bond acceptors (Lipinski definition) is 6. The lowest BCUT2D eigenvalue weighted by atomic mass is 9.98. The van der Waals surface area contributed by atoms with Crippen LogP contribution in [-0.4, -0.2) is 65.0 Å². The maximum absolute atomic E-state index is 13.6. The van der Waals surface area contributed by atoms with Crippen molar-refractivity contribution in [3.8, 4) is 0 Å². The van der Waals surface area contributed by atoms with Crippen LogP contribution in [0.15, 0.2) is 60.7 Å². The summed E-state index contributed by atoms with van der Waals surface area (Å²) in [4.78, 5) is 51.5. The van der Waals surface area contributed by atoms with Gasteiger partial charge in [-0.15, -0.1) is 0 Å². The molecule has 0 heterocycles. The number of nitrogens with two attached hydrogens (primary N) is 1. The minimum Gasteiger partial charge on any atom is -0.480 e. The van der Waals surface area contributed by atoms with Gasteiger partial charge in [-0.1, -0.05) is 80.9 Å². The summed E-state index contributed by atoms with van der Waals surface area (Å²) in [5, 5.41) is 17.7. The van der Waals surface area contributed by atoms with E-state index >= 15 is 0 Å². The normalized spacial score (nSPS) is 14.8. The van der Waals surface area contributed by atoms with E-state index in [0.29, 0.717) is 12.2 Å². The van der Waals surface area contributed by atoms with Crippen molar-refractivity contribution in [1.29, 1.82) is 0 Å². The summed E-state index contributed by atoms with van der Waals surface area (Å²) >= 11 is 1.48. The van der Waals surface area contributed by atoms with E-state index in [9.17, 15) is 24.3 Å². The monoisotopic (exact) mass is 556 g/mol. The second kappa shape index (κ2) is 16.6. The summed E-state index contributed by atoms with van der Waals surface area (Å²) in [6.45, 7) is 3.80. The van der Waals surface area contributed by atoms with Crippen LogP contribution in [0.25, 0.3) is 0 Å². The number of carbonyl (C=O) groups is 4. The first-order valence-corrected chi connectivity index (χ1v) is 14.5. The minimum atomic E-state index is -1.14. The van der Waals surface area contributed by atoms with E-state index in [1.54, 1.807) is 0 Å². The highest BCUT2D eigenvalue weighted by atomic mass is 32.2. The predicted molar refractivity (Wildman–Crippen MR) is 154 cm³/mol. The lowest BCUT2D eigenvalue weighted by Crippen LogP contribution is -2.58. The van der Waals surface area contributed by atoms with Gasteiger partial charge in [0.25, 0.3) is 0 Å². The molecule has 0 aliphatic heterocycles. The van der Waals surface area contributed by atoms with E-state index < -0.39 is 47.9 Å². The van der Waals surface area contributed by atoms with Gasteiger partial charge in [0.1, 0.15) is 18.1 Å². The highest BCUT2D eigenvalue weighted by Gasteiger charge is 2.31. The Morgan fingerprint density at radius 3 is 1.64 bits per heavy atom. The van der Waals surface area contributed by atoms with E-state index in [1.165, 1.54) is 11.8 Å². The van der Waals surface area contributed by atoms with Crippen LogP contribution in [0.3, 0.4) is 0 Å². The summed E-state index contributed by atoms with van der Waals surface area (Å²) < 4.78 is 0. The van der Waals surface area contributed by atoms with Crippen LogP contribution in [0.5, 0.6) is 0 Å². The van der Waals surface area contributed by atoms with Gasteiger partial charge in [0.05, 0.1) is 6.04 Å². The smallest absolute Gasteiger partial charge is 0.326 e. The molecule has 212 valence electrons. The third-order valence-electron chi connectivity index (χ3n) is 6.62. The lowest BCUT2D eigenvalue weighted by Gasteiger charge is -2.26. The molecule has 9 nitrogen and oxygen atoms in total. The fourth-order valence-electron chi connectivity index (χ4n) is 3.94. The fourth-order valence-corrected chi connectivity index (χ4v) is 4.41. The first-order chi connectivity index (χ1) is 18.7. The first-order valence-electron chi connectivity index (χ1n) is 13.1. The predicted octanol–water partition coefficient (Wildman–Crippen LogP) is 2.14. The Morgan fingerprint density at radius 1 is 0.795 bits per heavy atom. The molecule has 0 bridgehead atoms. The summed E-state index contributed by atoms with van der Waals surface area (Å²) in [5.41, 5.74) is 7.73. The van der Waals surface area contributed by atoms with Crippen LogP contribution >= 0.6 is 11.8 Å². The molecule has 5 unspecified atom stereocenters. The number of thioether (sulfide) groups is 1. The third kappa shape index (κ3) is 10.7. The van der Waals surface area contributed by atoms with Gasteiger partial charge in [0.2, 0.25) is 17.7 Å². The van der Waals surface area contributed by atoms with Gasteiger partial charge in [-0.2, -0.15) is 11.8 Å². The molecule has 0 aliphatic carbocycles. The van der Waals surface area contributed by atoms with Gasteiger partial charge in [-0.25, -0.2) is 4.79 Å². The molecule has 0 radical (unpaired) electrons. The molecule has 10 heteroatoms. The molecule has 0 saturated carbocycles. The average molecular weight is 557 g/mol. The third-order valence-corrected chi connectivity index (χ3v) is 7.26. The van der Waals surface area contributed by atoms with Crippen LogP contribution in [0, 0.1) is 5.92 Å². The minimum absolute atomic E-state index is 0.0868. The zero-order chi connectivity index (χ0) is 28.8. The van der Waals surface area contributed by atoms with Crippen LogP contribution in [-0.2, 0) is 32.0 Å². The van der Waals surface area contributed by atoms with Crippen LogP contribution < -0.4 is 21.7 Å². The van der Waals surface area contributed by atoms with Crippen molar-refractivity contribution < 1.29 is 24.3 Å². The van der Waals surface area contributed by atoms with E-state index in [4.69, 9.17) is 5.73 Å². The van der Waals surface area contributed by atoms with E-state index in [0.717, 1.165) is 11.1 Å². The highest BCUT2D eigenvalue weighted by Crippen LogP contribution is 2.10. The zero-order valence-electron chi connectivity index (χ0n) is 22.8. The quantitative estimate of drug-likeness (QED) is 0.213. The van der Waals surface area contributed by atoms with Gasteiger partial charge in [-0.3, -0.25) is 14.4 Å². The molecule has 2 rings (SSSR count). The summed E-state index contributed by atoms with van der Waals surface area (Å²) in [5.74, 6) is -2.30. The number of aliphatic carboxylic acids is 1. The number of carboxylic acids is 1. The zero-order valence-corrected chi connectivity index (χ0v) is 23.6. The molecule has 0 aliphatic rings. The van der Waals surface area contributed by atoms with Crippen LogP contribution in [0.4, 0.5) is 0 Å². The topological polar surface area (TPSA) is 151 Å². The van der Waals surface area contributed by atoms with Gasteiger partial charge in [-0.05, 0) is 35.5 Å². The molecule has 0 aromatic heterocycles. The Bertz CT molecular complexity index is 1070. The van der Waals surface area contributed by atoms with Crippen molar-refractivity contribution in [3.05, 3.63) is 71.8 Å². The molecule has 0 fully saturated rings. The Balaban J connectivity index is 2.29. The van der Waals surface area contributed by atoms with Gasteiger partial charge < -0.3 is 26.8 Å². The Labute approximate surface area is 234 Å². The lowest BCUT2D eigenvalue weighted by molar-refractivity contribution is -0.142. The molecule has 2 aromatic carbocycles. The molecule has 2 aromatic rings. The summed E-state index contributed by atoms with van der Waals surface area (Å²) in [6, 6.07) is 14.4. The first kappa shape index (κ1) is 31.8. The number of carbonyl (C=O) groups excluding carboxylic acids is 3. The molecular formula is C29H40N4O5S. The van der Waals surface area contributed by atoms with Gasteiger partial charge >= 0.3 is 5.97 Å². The SMILES string of the molecule is CCC(C)C(N)C(=O)NC(Cc1ccccc1)C(=O)NC(Cc1ccccc1)C(=O)NC(CCSC)C(=O)O. The van der Waals surface area contributed by atoms with Crippen molar-refractivity contribution in [2.24, 2.45) is 11.7 Å². The number of carboxylic acid groups (broad SMARTS) is 1. The number of amides is 3.